The van der Waals surface area contributed by atoms with Crippen LogP contribution in [-0.2, 0) is 11.2 Å². The largest absolute Gasteiger partial charge is 0.494 e. The van der Waals surface area contributed by atoms with Crippen LogP contribution in [0.15, 0.2) is 60.7 Å². The third-order valence-corrected chi connectivity index (χ3v) is 5.78. The van der Waals surface area contributed by atoms with E-state index in [4.69, 9.17) is 4.74 Å². The van der Waals surface area contributed by atoms with Crippen molar-refractivity contribution in [2.45, 2.75) is 38.6 Å². The van der Waals surface area contributed by atoms with Crippen LogP contribution in [0.3, 0.4) is 0 Å². The van der Waals surface area contributed by atoms with E-state index >= 15 is 0 Å². The smallest absolute Gasteiger partial charge is 0.228 e. The standard InChI is InChI=1S/C24H31N5O2/c1-19-5-3-12-28(19)13-4-14-31-23-9-7-22(8-10-23)29-18-21(17-26-29)27-24(30)15-20-6-2-11-25-16-20/h2,6-11,16,18-19,26H,3-5,12-15,17H2,1H3,(H,27,30). The second-order valence-electron chi connectivity index (χ2n) is 8.17. The number of benzene rings is 1. The molecule has 2 N–H and O–H groups in total. The number of carbonyl (C=O) groups excluding carboxylic acids is 1. The fourth-order valence-corrected chi connectivity index (χ4v) is 4.06. The van der Waals surface area contributed by atoms with Gasteiger partial charge in [0, 0.05) is 31.2 Å². The van der Waals surface area contributed by atoms with E-state index in [1.807, 2.05) is 47.6 Å². The predicted octanol–water partition coefficient (Wildman–Crippen LogP) is 2.86. The van der Waals surface area contributed by atoms with Gasteiger partial charge < -0.3 is 15.0 Å². The molecular formula is C24H31N5O2. The molecule has 7 heteroatoms. The summed E-state index contributed by atoms with van der Waals surface area (Å²) in [7, 11) is 0. The molecular weight excluding hydrogens is 390 g/mol. The molecule has 0 spiro atoms. The van der Waals surface area contributed by atoms with Gasteiger partial charge in [-0.05, 0) is 68.6 Å². The summed E-state index contributed by atoms with van der Waals surface area (Å²) in [6, 6.07) is 12.5. The van der Waals surface area contributed by atoms with E-state index in [9.17, 15) is 4.79 Å². The number of hydrazine groups is 1. The summed E-state index contributed by atoms with van der Waals surface area (Å²) in [5.41, 5.74) is 6.00. The molecule has 164 valence electrons. The molecule has 31 heavy (non-hydrogen) atoms. The first kappa shape index (κ1) is 21.3. The predicted molar refractivity (Wildman–Crippen MR) is 121 cm³/mol. The maximum atomic E-state index is 12.2. The lowest BCUT2D eigenvalue weighted by Gasteiger charge is -2.20. The van der Waals surface area contributed by atoms with Crippen LogP contribution in [0.1, 0.15) is 31.7 Å². The summed E-state index contributed by atoms with van der Waals surface area (Å²) in [6.45, 7) is 5.95. The molecule has 1 fully saturated rings. The topological polar surface area (TPSA) is 69.7 Å². The van der Waals surface area contributed by atoms with Crippen molar-refractivity contribution < 1.29 is 9.53 Å². The van der Waals surface area contributed by atoms with E-state index in [-0.39, 0.29) is 5.91 Å². The molecule has 0 aliphatic carbocycles. The van der Waals surface area contributed by atoms with Gasteiger partial charge in [0.1, 0.15) is 5.75 Å². The molecule has 1 amide bonds. The van der Waals surface area contributed by atoms with Crippen LogP contribution in [0.25, 0.3) is 0 Å². The van der Waals surface area contributed by atoms with Gasteiger partial charge in [0.2, 0.25) is 5.91 Å². The Labute approximate surface area is 184 Å². The van der Waals surface area contributed by atoms with E-state index in [1.54, 1.807) is 12.4 Å². The van der Waals surface area contributed by atoms with Crippen LogP contribution >= 0.6 is 0 Å². The van der Waals surface area contributed by atoms with Gasteiger partial charge in [0.25, 0.3) is 0 Å². The fraction of sp³-hybridized carbons (Fsp3) is 0.417. The van der Waals surface area contributed by atoms with E-state index in [0.717, 1.165) is 42.3 Å². The van der Waals surface area contributed by atoms with Crippen molar-refractivity contribution >= 4 is 11.6 Å². The third-order valence-electron chi connectivity index (χ3n) is 5.78. The highest BCUT2D eigenvalue weighted by Gasteiger charge is 2.19. The minimum atomic E-state index is -0.0463. The molecule has 2 aliphatic heterocycles. The van der Waals surface area contributed by atoms with Crippen LogP contribution in [0.2, 0.25) is 0 Å². The highest BCUT2D eigenvalue weighted by Crippen LogP contribution is 2.21. The van der Waals surface area contributed by atoms with Crippen molar-refractivity contribution in [3.05, 3.63) is 66.3 Å². The molecule has 4 rings (SSSR count). The number of anilines is 1. The number of hydrogen-bond donors (Lipinski definition) is 2. The zero-order valence-corrected chi connectivity index (χ0v) is 18.1. The maximum Gasteiger partial charge on any atom is 0.228 e. The Morgan fingerprint density at radius 1 is 1.29 bits per heavy atom. The van der Waals surface area contributed by atoms with Gasteiger partial charge in [-0.1, -0.05) is 6.07 Å². The van der Waals surface area contributed by atoms with Gasteiger partial charge in [0.05, 0.1) is 31.0 Å². The van der Waals surface area contributed by atoms with E-state index in [1.165, 1.54) is 19.4 Å². The highest BCUT2D eigenvalue weighted by molar-refractivity contribution is 5.80. The number of amides is 1. The van der Waals surface area contributed by atoms with Crippen molar-refractivity contribution in [2.75, 3.05) is 31.3 Å². The number of nitrogens with one attached hydrogen (secondary N) is 2. The minimum Gasteiger partial charge on any atom is -0.494 e. The van der Waals surface area contributed by atoms with Crippen LogP contribution in [0, 0.1) is 0 Å². The fourth-order valence-electron chi connectivity index (χ4n) is 4.06. The molecule has 1 unspecified atom stereocenters. The molecule has 1 aromatic carbocycles. The summed E-state index contributed by atoms with van der Waals surface area (Å²) in [4.78, 5) is 18.8. The molecule has 0 radical (unpaired) electrons. The first-order chi connectivity index (χ1) is 15.2. The molecule has 7 nitrogen and oxygen atoms in total. The average molecular weight is 422 g/mol. The lowest BCUT2D eigenvalue weighted by atomic mass is 10.2. The summed E-state index contributed by atoms with van der Waals surface area (Å²) < 4.78 is 5.91. The van der Waals surface area contributed by atoms with Crippen molar-refractivity contribution in [3.63, 3.8) is 0 Å². The van der Waals surface area contributed by atoms with Gasteiger partial charge in [-0.2, -0.15) is 0 Å². The Kier molecular flexibility index (Phi) is 7.17. The van der Waals surface area contributed by atoms with Gasteiger partial charge in [-0.25, -0.2) is 5.43 Å². The molecule has 1 saturated heterocycles. The van der Waals surface area contributed by atoms with E-state index < -0.39 is 0 Å². The number of nitrogens with zero attached hydrogens (tertiary/aromatic N) is 3. The minimum absolute atomic E-state index is 0.0463. The number of aromatic nitrogens is 1. The summed E-state index contributed by atoms with van der Waals surface area (Å²) in [5.74, 6) is 0.835. The number of pyridine rings is 1. The zero-order valence-electron chi connectivity index (χ0n) is 18.1. The zero-order chi connectivity index (χ0) is 21.5. The molecule has 3 heterocycles. The number of hydrogen-bond acceptors (Lipinski definition) is 6. The van der Waals surface area contributed by atoms with Crippen LogP contribution < -0.4 is 20.5 Å². The summed E-state index contributed by atoms with van der Waals surface area (Å²) in [6.07, 6.45) is 9.32. The summed E-state index contributed by atoms with van der Waals surface area (Å²) in [5, 5.41) is 4.88. The van der Waals surface area contributed by atoms with E-state index in [0.29, 0.717) is 19.0 Å². The second-order valence-corrected chi connectivity index (χ2v) is 8.17. The van der Waals surface area contributed by atoms with Gasteiger partial charge in [-0.3, -0.25) is 14.8 Å². The number of rotatable bonds is 9. The average Bonchev–Trinajstić information content (AvgIpc) is 3.41. The number of likely N-dealkylation sites (tertiary alicyclic amines) is 1. The molecule has 2 aromatic rings. The van der Waals surface area contributed by atoms with Crippen LogP contribution in [0.5, 0.6) is 5.75 Å². The van der Waals surface area contributed by atoms with Gasteiger partial charge in [-0.15, -0.1) is 0 Å². The Hall–Kier alpha value is -2.90. The van der Waals surface area contributed by atoms with Crippen molar-refractivity contribution in [3.8, 4) is 5.75 Å². The molecule has 1 atom stereocenters. The SMILES string of the molecule is CC1CCCN1CCCOc1ccc(N2C=C(NC(=O)Cc3cccnc3)CN2)cc1. The number of ether oxygens (including phenoxy) is 1. The lowest BCUT2D eigenvalue weighted by Crippen LogP contribution is -2.30. The molecule has 0 bridgehead atoms. The van der Waals surface area contributed by atoms with Crippen LogP contribution in [-0.4, -0.2) is 48.1 Å². The van der Waals surface area contributed by atoms with Gasteiger partial charge in [0.15, 0.2) is 0 Å². The Bertz CT molecular complexity index is 885. The van der Waals surface area contributed by atoms with Crippen LogP contribution in [0.4, 0.5) is 5.69 Å². The molecule has 0 saturated carbocycles. The molecule has 1 aromatic heterocycles. The normalized spacial score (nSPS) is 18.8. The number of carbonyl (C=O) groups is 1. The highest BCUT2D eigenvalue weighted by atomic mass is 16.5. The van der Waals surface area contributed by atoms with E-state index in [2.05, 4.69) is 27.6 Å². The lowest BCUT2D eigenvalue weighted by molar-refractivity contribution is -0.119. The Morgan fingerprint density at radius 3 is 2.90 bits per heavy atom. The monoisotopic (exact) mass is 421 g/mol. The first-order valence-electron chi connectivity index (χ1n) is 11.1. The second kappa shape index (κ2) is 10.4. The maximum absolute atomic E-state index is 12.2. The van der Waals surface area contributed by atoms with Crippen molar-refractivity contribution in [1.82, 2.24) is 20.6 Å². The molecule has 2 aliphatic rings. The van der Waals surface area contributed by atoms with Crippen molar-refractivity contribution in [1.29, 1.82) is 0 Å². The van der Waals surface area contributed by atoms with Gasteiger partial charge >= 0.3 is 0 Å². The first-order valence-corrected chi connectivity index (χ1v) is 11.1. The summed E-state index contributed by atoms with van der Waals surface area (Å²) >= 11 is 0. The third kappa shape index (κ3) is 6.06. The Morgan fingerprint density at radius 2 is 2.16 bits per heavy atom. The Balaban J connectivity index is 1.21. The quantitative estimate of drug-likeness (QED) is 0.607. The van der Waals surface area contributed by atoms with Crippen molar-refractivity contribution in [2.24, 2.45) is 0 Å².